The number of rotatable bonds is 7. The van der Waals surface area contributed by atoms with Crippen LogP contribution in [-0.4, -0.2) is 34.1 Å². The van der Waals surface area contributed by atoms with Crippen LogP contribution in [-0.2, 0) is 6.54 Å². The Kier molecular flexibility index (Phi) is 5.65. The summed E-state index contributed by atoms with van der Waals surface area (Å²) >= 11 is 0. The van der Waals surface area contributed by atoms with E-state index in [1.165, 1.54) is 5.69 Å². The molecule has 0 saturated heterocycles. The van der Waals surface area contributed by atoms with Gasteiger partial charge in [0.15, 0.2) is 0 Å². The van der Waals surface area contributed by atoms with Crippen molar-refractivity contribution in [3.05, 3.63) is 18.2 Å². The average Bonchev–Trinajstić information content (AvgIpc) is 2.80. The molecule has 1 heterocycles. The van der Waals surface area contributed by atoms with Crippen molar-refractivity contribution in [1.82, 2.24) is 14.5 Å². The number of hydrogen-bond acceptors (Lipinski definition) is 3. The van der Waals surface area contributed by atoms with E-state index in [9.17, 15) is 0 Å². The highest BCUT2D eigenvalue weighted by Crippen LogP contribution is 2.22. The third kappa shape index (κ3) is 3.07. The predicted octanol–water partition coefficient (Wildman–Crippen LogP) is 2.02. The zero-order chi connectivity index (χ0) is 12.8. The topological polar surface area (TPSA) is 47.1 Å². The predicted molar refractivity (Wildman–Crippen MR) is 71.8 cm³/mol. The van der Waals surface area contributed by atoms with Crippen molar-refractivity contribution in [2.24, 2.45) is 5.73 Å². The second kappa shape index (κ2) is 6.77. The number of hydrogen-bond donors (Lipinski definition) is 1. The van der Waals surface area contributed by atoms with Crippen LogP contribution in [0.5, 0.6) is 0 Å². The Morgan fingerprint density at radius 3 is 2.47 bits per heavy atom. The van der Waals surface area contributed by atoms with Crippen molar-refractivity contribution in [3.63, 3.8) is 0 Å². The van der Waals surface area contributed by atoms with Gasteiger partial charge in [0.05, 0.1) is 18.1 Å². The summed E-state index contributed by atoms with van der Waals surface area (Å²) in [5.74, 6) is 0. The molecule has 98 valence electrons. The summed E-state index contributed by atoms with van der Waals surface area (Å²) in [4.78, 5) is 6.63. The van der Waals surface area contributed by atoms with Crippen LogP contribution in [0.2, 0.25) is 0 Å². The van der Waals surface area contributed by atoms with Gasteiger partial charge in [-0.25, -0.2) is 4.98 Å². The molecule has 4 heteroatoms. The van der Waals surface area contributed by atoms with Crippen LogP contribution in [0.1, 0.15) is 45.3 Å². The number of imidazole rings is 1. The Balaban J connectivity index is 2.90. The molecular weight excluding hydrogens is 212 g/mol. The molecule has 0 fully saturated rings. The Bertz CT molecular complexity index is 317. The Labute approximate surface area is 105 Å². The second-order valence-corrected chi connectivity index (χ2v) is 4.49. The van der Waals surface area contributed by atoms with Crippen LogP contribution >= 0.6 is 0 Å². The van der Waals surface area contributed by atoms with Gasteiger partial charge >= 0.3 is 0 Å². The van der Waals surface area contributed by atoms with Gasteiger partial charge in [0.1, 0.15) is 0 Å². The van der Waals surface area contributed by atoms with Crippen LogP contribution in [0.15, 0.2) is 12.5 Å². The molecule has 17 heavy (non-hydrogen) atoms. The fraction of sp³-hybridized carbons (Fsp3) is 0.769. The molecule has 0 spiro atoms. The molecule has 0 bridgehead atoms. The van der Waals surface area contributed by atoms with Gasteiger partial charge in [-0.15, -0.1) is 0 Å². The molecule has 0 radical (unpaired) electrons. The molecule has 0 saturated carbocycles. The fourth-order valence-electron chi connectivity index (χ4n) is 2.49. The van der Waals surface area contributed by atoms with Gasteiger partial charge in [-0.1, -0.05) is 13.8 Å². The Morgan fingerprint density at radius 1 is 1.35 bits per heavy atom. The van der Waals surface area contributed by atoms with Gasteiger partial charge < -0.3 is 10.3 Å². The summed E-state index contributed by atoms with van der Waals surface area (Å²) in [6.07, 6.45) is 6.15. The molecule has 0 aromatic carbocycles. The third-order valence-electron chi connectivity index (χ3n) is 3.66. The lowest BCUT2D eigenvalue weighted by Gasteiger charge is -2.33. The summed E-state index contributed by atoms with van der Waals surface area (Å²) in [6.45, 7) is 8.18. The van der Waals surface area contributed by atoms with Gasteiger partial charge in [0.2, 0.25) is 0 Å². The van der Waals surface area contributed by atoms with Crippen molar-refractivity contribution in [1.29, 1.82) is 0 Å². The lowest BCUT2D eigenvalue weighted by atomic mass is 10.1. The molecule has 1 rings (SSSR count). The summed E-state index contributed by atoms with van der Waals surface area (Å²) in [5, 5.41) is 0. The van der Waals surface area contributed by atoms with Crippen LogP contribution in [0, 0.1) is 0 Å². The monoisotopic (exact) mass is 238 g/mol. The van der Waals surface area contributed by atoms with Gasteiger partial charge in [-0.2, -0.15) is 0 Å². The molecule has 1 aromatic heterocycles. The lowest BCUT2D eigenvalue weighted by Crippen LogP contribution is -2.39. The molecule has 1 aromatic rings. The molecule has 1 atom stereocenters. The smallest absolute Gasteiger partial charge is 0.0948 e. The van der Waals surface area contributed by atoms with E-state index in [1.807, 2.05) is 12.5 Å². The first-order chi connectivity index (χ1) is 8.19. The van der Waals surface area contributed by atoms with E-state index < -0.39 is 0 Å². The maximum absolute atomic E-state index is 5.95. The summed E-state index contributed by atoms with van der Waals surface area (Å²) in [7, 11) is 2.17. The normalized spacial score (nSPS) is 13.6. The first-order valence-corrected chi connectivity index (χ1v) is 6.61. The Hall–Kier alpha value is -0.870. The highest BCUT2D eigenvalue weighted by molar-refractivity contribution is 5.06. The molecule has 0 aliphatic carbocycles. The molecule has 4 nitrogen and oxygen atoms in total. The molecule has 1 unspecified atom stereocenters. The van der Waals surface area contributed by atoms with Crippen LogP contribution in [0.3, 0.4) is 0 Å². The molecule has 0 aliphatic rings. The first-order valence-electron chi connectivity index (χ1n) is 6.61. The maximum Gasteiger partial charge on any atom is 0.0948 e. The molecule has 0 amide bonds. The molecular formula is C13H26N4. The minimum absolute atomic E-state index is 0.266. The van der Waals surface area contributed by atoms with E-state index in [0.717, 1.165) is 19.4 Å². The largest absolute Gasteiger partial charge is 0.333 e. The zero-order valence-corrected chi connectivity index (χ0v) is 11.6. The second-order valence-electron chi connectivity index (χ2n) is 4.49. The number of aryl methyl sites for hydroxylation is 1. The van der Waals surface area contributed by atoms with E-state index in [-0.39, 0.29) is 6.04 Å². The van der Waals surface area contributed by atoms with Crippen molar-refractivity contribution < 1.29 is 0 Å². The van der Waals surface area contributed by atoms with Crippen molar-refractivity contribution >= 4 is 0 Å². The van der Waals surface area contributed by atoms with E-state index in [4.69, 9.17) is 5.73 Å². The van der Waals surface area contributed by atoms with Gasteiger partial charge in [-0.3, -0.25) is 4.90 Å². The van der Waals surface area contributed by atoms with Gasteiger partial charge in [0.25, 0.3) is 0 Å². The van der Waals surface area contributed by atoms with E-state index in [1.54, 1.807) is 0 Å². The number of likely N-dealkylation sites (N-methyl/N-ethyl adjacent to an activating group) is 1. The highest BCUT2D eigenvalue weighted by atomic mass is 15.2. The minimum atomic E-state index is 0.266. The quantitative estimate of drug-likeness (QED) is 0.790. The van der Waals surface area contributed by atoms with Crippen LogP contribution in [0.25, 0.3) is 0 Å². The average molecular weight is 238 g/mol. The van der Waals surface area contributed by atoms with Crippen molar-refractivity contribution in [2.75, 3.05) is 13.6 Å². The third-order valence-corrected chi connectivity index (χ3v) is 3.66. The zero-order valence-electron chi connectivity index (χ0n) is 11.6. The summed E-state index contributed by atoms with van der Waals surface area (Å²) in [5.41, 5.74) is 7.18. The van der Waals surface area contributed by atoms with Crippen molar-refractivity contribution in [2.45, 2.75) is 52.2 Å². The van der Waals surface area contributed by atoms with Gasteiger partial charge in [-0.05, 0) is 26.8 Å². The summed E-state index contributed by atoms with van der Waals surface area (Å²) in [6, 6.07) is 0.853. The van der Waals surface area contributed by atoms with E-state index in [0.29, 0.717) is 12.6 Å². The van der Waals surface area contributed by atoms with Crippen LogP contribution < -0.4 is 5.73 Å². The fourth-order valence-corrected chi connectivity index (χ4v) is 2.49. The van der Waals surface area contributed by atoms with E-state index >= 15 is 0 Å². The minimum Gasteiger partial charge on any atom is -0.333 e. The summed E-state index contributed by atoms with van der Waals surface area (Å²) < 4.78 is 2.18. The molecule has 0 aliphatic heterocycles. The Morgan fingerprint density at radius 2 is 2.00 bits per heavy atom. The number of nitrogens with zero attached hydrogens (tertiary/aromatic N) is 3. The van der Waals surface area contributed by atoms with Crippen molar-refractivity contribution in [3.8, 4) is 0 Å². The SMILES string of the molecule is CCC(CC)N(C)C(CN)c1cncn1CC. The number of nitrogens with two attached hydrogens (primary N) is 1. The number of aromatic nitrogens is 2. The highest BCUT2D eigenvalue weighted by Gasteiger charge is 2.23. The standard InChI is InChI=1S/C13H26N4/c1-5-11(6-2)16(4)12(8-14)13-9-15-10-17(13)7-3/h9-12H,5-8,14H2,1-4H3. The van der Waals surface area contributed by atoms with E-state index in [2.05, 4.69) is 42.3 Å². The van der Waals surface area contributed by atoms with Gasteiger partial charge in [0, 0.05) is 25.3 Å². The maximum atomic E-state index is 5.95. The van der Waals surface area contributed by atoms with Crippen LogP contribution in [0.4, 0.5) is 0 Å². The molecule has 2 N–H and O–H groups in total. The first kappa shape index (κ1) is 14.2. The lowest BCUT2D eigenvalue weighted by molar-refractivity contribution is 0.162.